The molecule has 0 spiro atoms. The van der Waals surface area contributed by atoms with Crippen molar-refractivity contribution in [2.45, 2.75) is 78.6 Å². The van der Waals surface area contributed by atoms with Crippen LogP contribution >= 0.6 is 8.60 Å². The summed E-state index contributed by atoms with van der Waals surface area (Å²) < 4.78 is 0. The minimum Gasteiger partial charge on any atom is -0.504 e. The summed E-state index contributed by atoms with van der Waals surface area (Å²) >= 11 is 0. The fourth-order valence-electron chi connectivity index (χ4n) is 4.06. The van der Waals surface area contributed by atoms with Crippen LogP contribution in [-0.4, -0.2) is 24.9 Å². The molecular weight excluding hydrogens is 447 g/mol. The zero-order chi connectivity index (χ0) is 26.2. The molecular formula is C28H39O5P. The summed E-state index contributed by atoms with van der Waals surface area (Å²) in [5.41, 5.74) is 5.32. The molecule has 0 heterocycles. The van der Waals surface area contributed by atoms with E-state index in [1.165, 1.54) is 28.0 Å². The highest BCUT2D eigenvalue weighted by molar-refractivity contribution is 7.38. The Hall–Kier alpha value is -2.17. The first-order valence-corrected chi connectivity index (χ1v) is 12.6. The molecule has 0 aliphatic rings. The Kier molecular flexibility index (Phi) is 8.11. The molecule has 0 aliphatic heterocycles. The van der Waals surface area contributed by atoms with Crippen molar-refractivity contribution in [3.8, 4) is 22.6 Å². The molecule has 3 rings (SSSR count). The van der Waals surface area contributed by atoms with Crippen LogP contribution in [0.15, 0.2) is 42.5 Å². The summed E-state index contributed by atoms with van der Waals surface area (Å²) in [4.78, 5) is 21.7. The van der Waals surface area contributed by atoms with E-state index in [4.69, 9.17) is 14.7 Å². The largest absolute Gasteiger partial charge is 0.504 e. The lowest BCUT2D eigenvalue weighted by molar-refractivity contribution is 0.368. The van der Waals surface area contributed by atoms with Gasteiger partial charge in [0.1, 0.15) is 0 Å². The van der Waals surface area contributed by atoms with Crippen LogP contribution in [0.4, 0.5) is 0 Å². The van der Waals surface area contributed by atoms with Crippen LogP contribution in [-0.2, 0) is 16.2 Å². The van der Waals surface area contributed by atoms with Crippen LogP contribution in [0.2, 0.25) is 0 Å². The number of benzene rings is 3. The number of fused-ring (bicyclic) bond motifs is 1. The highest BCUT2D eigenvalue weighted by atomic mass is 31.2. The fraction of sp³-hybridized carbons (Fsp3) is 0.429. The third-order valence-electron chi connectivity index (χ3n) is 5.88. The second kappa shape index (κ2) is 9.83. The number of hydrogen-bond acceptors (Lipinski definition) is 5. The van der Waals surface area contributed by atoms with Gasteiger partial charge in [-0.3, -0.25) is 0 Å². The van der Waals surface area contributed by atoms with Crippen LogP contribution in [0.25, 0.3) is 21.9 Å². The minimum absolute atomic E-state index is 0.0269. The first kappa shape index (κ1) is 28.1. The Morgan fingerprint density at radius 1 is 0.618 bits per heavy atom. The van der Waals surface area contributed by atoms with E-state index in [9.17, 15) is 10.2 Å². The van der Waals surface area contributed by atoms with Crippen molar-refractivity contribution in [1.29, 1.82) is 0 Å². The van der Waals surface area contributed by atoms with E-state index < -0.39 is 8.60 Å². The molecule has 0 amide bonds. The Bertz CT molecular complexity index is 1160. The molecule has 0 fully saturated rings. The van der Waals surface area contributed by atoms with E-state index in [0.29, 0.717) is 5.56 Å². The molecule has 0 saturated heterocycles. The number of phenolic OH excluding ortho intramolecular Hbond substituents is 2. The lowest BCUT2D eigenvalue weighted by Crippen LogP contribution is -2.18. The third-order valence-corrected chi connectivity index (χ3v) is 5.88. The van der Waals surface area contributed by atoms with Crippen LogP contribution in [0, 0.1) is 0 Å². The van der Waals surface area contributed by atoms with E-state index >= 15 is 0 Å². The van der Waals surface area contributed by atoms with Crippen LogP contribution in [0.3, 0.4) is 0 Å². The number of aromatic hydroxyl groups is 2. The van der Waals surface area contributed by atoms with E-state index in [1.807, 2.05) is 6.07 Å². The maximum Gasteiger partial charge on any atom is 0.324 e. The smallest absolute Gasteiger partial charge is 0.324 e. The summed E-state index contributed by atoms with van der Waals surface area (Å²) in [7, 11) is -2.62. The summed E-state index contributed by atoms with van der Waals surface area (Å²) in [5, 5.41) is 23.2. The molecule has 0 aliphatic carbocycles. The molecule has 0 radical (unpaired) electrons. The molecule has 0 bridgehead atoms. The second-order valence-corrected chi connectivity index (χ2v) is 12.4. The van der Waals surface area contributed by atoms with Crippen molar-refractivity contribution >= 4 is 19.4 Å². The van der Waals surface area contributed by atoms with Gasteiger partial charge < -0.3 is 24.9 Å². The first-order chi connectivity index (χ1) is 15.3. The molecule has 3 aromatic carbocycles. The lowest BCUT2D eigenvalue weighted by Gasteiger charge is -2.29. The second-order valence-electron chi connectivity index (χ2n) is 11.8. The maximum absolute atomic E-state index is 10.6. The predicted octanol–water partition coefficient (Wildman–Crippen LogP) is 7.00. The summed E-state index contributed by atoms with van der Waals surface area (Å²) in [6.07, 6.45) is 0. The highest BCUT2D eigenvalue weighted by Crippen LogP contribution is 2.45. The van der Waals surface area contributed by atoms with Crippen LogP contribution in [0.1, 0.15) is 79.0 Å². The first-order valence-electron chi connectivity index (χ1n) is 11.4. The van der Waals surface area contributed by atoms with Crippen molar-refractivity contribution < 1.29 is 24.9 Å². The van der Waals surface area contributed by atoms with Crippen molar-refractivity contribution in [2.24, 2.45) is 0 Å². The van der Waals surface area contributed by atoms with Gasteiger partial charge in [0.15, 0.2) is 11.5 Å². The molecule has 34 heavy (non-hydrogen) atoms. The van der Waals surface area contributed by atoms with Gasteiger partial charge in [0, 0.05) is 5.56 Å². The Morgan fingerprint density at radius 2 is 1.15 bits per heavy atom. The Labute approximate surface area is 204 Å². The van der Waals surface area contributed by atoms with Gasteiger partial charge in [0.25, 0.3) is 0 Å². The van der Waals surface area contributed by atoms with Crippen molar-refractivity contribution in [1.82, 2.24) is 0 Å². The number of rotatable bonds is 1. The van der Waals surface area contributed by atoms with Gasteiger partial charge in [0.05, 0.1) is 0 Å². The minimum atomic E-state index is -2.62. The molecule has 6 heteroatoms. The van der Waals surface area contributed by atoms with Gasteiger partial charge in [-0.1, -0.05) is 86.6 Å². The average Bonchev–Trinajstić information content (AvgIpc) is 2.65. The van der Waals surface area contributed by atoms with Crippen LogP contribution < -0.4 is 0 Å². The van der Waals surface area contributed by atoms with Crippen molar-refractivity contribution in [3.05, 3.63) is 59.2 Å². The van der Waals surface area contributed by atoms with E-state index in [1.54, 1.807) is 6.07 Å². The maximum atomic E-state index is 10.6. The summed E-state index contributed by atoms with van der Waals surface area (Å²) in [5.74, 6) is -0.155. The van der Waals surface area contributed by atoms with Crippen molar-refractivity contribution in [3.63, 3.8) is 0 Å². The van der Waals surface area contributed by atoms with Gasteiger partial charge >= 0.3 is 8.60 Å². The van der Waals surface area contributed by atoms with Gasteiger partial charge in [-0.2, -0.15) is 0 Å². The fourth-order valence-corrected chi connectivity index (χ4v) is 4.06. The number of phenols is 2. The van der Waals surface area contributed by atoms with Crippen molar-refractivity contribution in [2.75, 3.05) is 0 Å². The topological polar surface area (TPSA) is 101 Å². The van der Waals surface area contributed by atoms with Gasteiger partial charge in [-0.25, -0.2) is 0 Å². The van der Waals surface area contributed by atoms with E-state index in [2.05, 4.69) is 86.6 Å². The third kappa shape index (κ3) is 6.49. The van der Waals surface area contributed by atoms with Gasteiger partial charge in [-0.15, -0.1) is 0 Å². The van der Waals surface area contributed by atoms with E-state index in [0.717, 1.165) is 11.1 Å². The summed E-state index contributed by atoms with van der Waals surface area (Å²) in [6, 6.07) is 14.3. The number of hydrogen-bond donors (Lipinski definition) is 5. The zero-order valence-electron chi connectivity index (χ0n) is 21.7. The Balaban J connectivity index is 0.000000945. The monoisotopic (exact) mass is 486 g/mol. The van der Waals surface area contributed by atoms with Gasteiger partial charge in [-0.05, 0) is 67.5 Å². The zero-order valence-corrected chi connectivity index (χ0v) is 22.6. The lowest BCUT2D eigenvalue weighted by atomic mass is 9.75. The molecule has 186 valence electrons. The molecule has 0 unspecified atom stereocenters. The molecule has 0 atom stereocenters. The standard InChI is InChI=1S/C28H36O2.H3O3P/c1-26(2,3)18-13-17-14-22(27(4,5)6)21(19-11-10-12-24(29)25(19)30)16-20(17)23(15-18)28(7,8)9;1-4(2)3/h10-16,29-30H,1-9H3;1-3H. The van der Waals surface area contributed by atoms with E-state index in [-0.39, 0.29) is 27.7 Å². The number of para-hydroxylation sites is 1. The molecule has 5 nitrogen and oxygen atoms in total. The Morgan fingerprint density at radius 3 is 1.62 bits per heavy atom. The highest BCUT2D eigenvalue weighted by Gasteiger charge is 2.26. The average molecular weight is 487 g/mol. The SMILES string of the molecule is CC(C)(C)c1cc(C(C)(C)C)c2cc(-c3cccc(O)c3O)c(C(C)(C)C)cc2c1.OP(O)O. The molecule has 0 aromatic heterocycles. The quantitative estimate of drug-likeness (QED) is 0.188. The molecule has 5 N–H and O–H groups in total. The normalized spacial score (nSPS) is 12.6. The molecule has 0 saturated carbocycles. The van der Waals surface area contributed by atoms with Crippen LogP contribution in [0.5, 0.6) is 11.5 Å². The summed E-state index contributed by atoms with van der Waals surface area (Å²) in [6.45, 7) is 20.1. The predicted molar refractivity (Wildman–Crippen MR) is 142 cm³/mol. The van der Waals surface area contributed by atoms with Gasteiger partial charge in [0.2, 0.25) is 0 Å². The molecule has 3 aromatic rings.